The van der Waals surface area contributed by atoms with Gasteiger partial charge in [0, 0.05) is 30.7 Å². The first kappa shape index (κ1) is 28.1. The van der Waals surface area contributed by atoms with Gasteiger partial charge in [0.25, 0.3) is 5.91 Å². The van der Waals surface area contributed by atoms with Crippen LogP contribution in [0.1, 0.15) is 76.2 Å². The Balaban J connectivity index is 1.38. The maximum atomic E-state index is 14.0. The second-order valence-electron chi connectivity index (χ2n) is 12.8. The van der Waals surface area contributed by atoms with Crippen LogP contribution < -0.4 is 15.4 Å². The van der Waals surface area contributed by atoms with Gasteiger partial charge < -0.3 is 25.2 Å². The molecule has 1 saturated carbocycles. The van der Waals surface area contributed by atoms with Crippen LogP contribution in [-0.2, 0) is 15.0 Å². The molecule has 214 valence electrons. The minimum absolute atomic E-state index is 0.0871. The van der Waals surface area contributed by atoms with Gasteiger partial charge in [-0.1, -0.05) is 52.8 Å². The molecule has 0 radical (unpaired) electrons. The normalized spacial score (nSPS) is 19.2. The van der Waals surface area contributed by atoms with Crippen molar-refractivity contribution in [3.05, 3.63) is 53.6 Å². The van der Waals surface area contributed by atoms with E-state index in [9.17, 15) is 14.4 Å². The van der Waals surface area contributed by atoms with Crippen molar-refractivity contribution in [2.75, 3.05) is 25.0 Å². The van der Waals surface area contributed by atoms with Crippen molar-refractivity contribution in [3.63, 3.8) is 0 Å². The zero-order valence-electron chi connectivity index (χ0n) is 24.3. The summed E-state index contributed by atoms with van der Waals surface area (Å²) in [7, 11) is 0. The molecule has 5 rings (SSSR count). The van der Waals surface area contributed by atoms with E-state index in [1.807, 2.05) is 43.0 Å². The number of hydrogen-bond acceptors (Lipinski definition) is 5. The zero-order valence-corrected chi connectivity index (χ0v) is 24.3. The van der Waals surface area contributed by atoms with Crippen LogP contribution in [0.2, 0.25) is 0 Å². The van der Waals surface area contributed by atoms with Gasteiger partial charge in [0.2, 0.25) is 11.8 Å². The Hall–Kier alpha value is -3.39. The molecule has 0 aromatic heterocycles. The molecule has 0 spiro atoms. The molecule has 2 aromatic carbocycles. The molecule has 2 aromatic rings. The van der Waals surface area contributed by atoms with E-state index in [0.29, 0.717) is 47.9 Å². The molecule has 2 fully saturated rings. The van der Waals surface area contributed by atoms with Crippen LogP contribution in [-0.4, -0.2) is 65.3 Å². The number of benzene rings is 2. The van der Waals surface area contributed by atoms with Crippen LogP contribution >= 0.6 is 0 Å². The summed E-state index contributed by atoms with van der Waals surface area (Å²) in [4.78, 5) is 44.1. The summed E-state index contributed by atoms with van der Waals surface area (Å²) in [5, 5.41) is 6.53. The van der Waals surface area contributed by atoms with Crippen molar-refractivity contribution in [3.8, 4) is 11.5 Å². The van der Waals surface area contributed by atoms with E-state index in [-0.39, 0.29) is 35.6 Å². The largest absolute Gasteiger partial charge is 0.457 e. The van der Waals surface area contributed by atoms with E-state index in [1.54, 1.807) is 18.2 Å². The highest BCUT2D eigenvalue weighted by Crippen LogP contribution is 2.36. The van der Waals surface area contributed by atoms with Gasteiger partial charge in [-0.15, -0.1) is 0 Å². The first-order valence-electron chi connectivity index (χ1n) is 14.6. The van der Waals surface area contributed by atoms with Gasteiger partial charge >= 0.3 is 0 Å². The summed E-state index contributed by atoms with van der Waals surface area (Å²) in [6, 6.07) is 13.3. The fraction of sp³-hybridized carbons (Fsp3) is 0.531. The van der Waals surface area contributed by atoms with E-state index in [4.69, 9.17) is 4.74 Å². The molecule has 3 aliphatic rings. The Morgan fingerprint density at radius 2 is 1.68 bits per heavy atom. The van der Waals surface area contributed by atoms with Gasteiger partial charge in [-0.05, 0) is 61.3 Å². The Labute approximate surface area is 237 Å². The Morgan fingerprint density at radius 3 is 2.33 bits per heavy atom. The number of carbonyl (C=O) groups is 3. The van der Waals surface area contributed by atoms with Crippen molar-refractivity contribution in [1.82, 2.24) is 15.1 Å². The highest BCUT2D eigenvalue weighted by molar-refractivity contribution is 6.10. The van der Waals surface area contributed by atoms with Crippen molar-refractivity contribution in [2.45, 2.75) is 83.8 Å². The molecule has 2 heterocycles. The van der Waals surface area contributed by atoms with Gasteiger partial charge in [-0.3, -0.25) is 14.4 Å². The third-order valence-corrected chi connectivity index (χ3v) is 8.07. The fourth-order valence-electron chi connectivity index (χ4n) is 5.79. The lowest BCUT2D eigenvalue weighted by atomic mass is 9.86. The molecule has 3 amide bonds. The number of nitrogens with one attached hydrogen (secondary N) is 2. The molecule has 0 bridgehead atoms. The lowest BCUT2D eigenvalue weighted by Crippen LogP contribution is -2.56. The summed E-state index contributed by atoms with van der Waals surface area (Å²) in [5.41, 5.74) is 1.67. The summed E-state index contributed by atoms with van der Waals surface area (Å²) in [6.07, 6.45) is 4.29. The van der Waals surface area contributed by atoms with Crippen LogP contribution in [0.3, 0.4) is 0 Å². The topological polar surface area (TPSA) is 91.0 Å². The summed E-state index contributed by atoms with van der Waals surface area (Å²) < 4.78 is 6.28. The fourth-order valence-corrected chi connectivity index (χ4v) is 5.79. The molecule has 1 atom stereocenters. The van der Waals surface area contributed by atoms with Gasteiger partial charge in [-0.25, -0.2) is 0 Å². The first-order chi connectivity index (χ1) is 19.0. The molecule has 1 aliphatic carbocycles. The molecule has 2 N–H and O–H groups in total. The van der Waals surface area contributed by atoms with Crippen molar-refractivity contribution in [2.24, 2.45) is 5.92 Å². The summed E-state index contributed by atoms with van der Waals surface area (Å²) in [6.45, 7) is 11.4. The van der Waals surface area contributed by atoms with Crippen LogP contribution in [0.5, 0.6) is 11.5 Å². The number of para-hydroxylation sites is 1. The third-order valence-electron chi connectivity index (χ3n) is 8.07. The number of piperidine rings is 1. The number of hydrogen-bond donors (Lipinski definition) is 2. The molecular weight excluding hydrogens is 504 g/mol. The summed E-state index contributed by atoms with van der Waals surface area (Å²) in [5.74, 6) is 0.302. The third kappa shape index (κ3) is 6.17. The van der Waals surface area contributed by atoms with E-state index in [2.05, 4.69) is 31.4 Å². The monoisotopic (exact) mass is 546 g/mol. The van der Waals surface area contributed by atoms with Gasteiger partial charge in [0.1, 0.15) is 24.1 Å². The van der Waals surface area contributed by atoms with Crippen LogP contribution in [0, 0.1) is 5.92 Å². The minimum atomic E-state index is -0.733. The van der Waals surface area contributed by atoms with E-state index >= 15 is 0 Å². The van der Waals surface area contributed by atoms with E-state index in [1.165, 1.54) is 17.7 Å². The molecular formula is C32H42N4O4. The standard InChI is InChI=1S/C32H42N4O4/c1-20(2)29(31(39)35-16-14-22(15-17-35)33-21-10-11-21)36-19-28(37)34-26-13-12-23(18-24(26)30(36)38)40-27-9-7-6-8-25(27)32(3,4)5/h6-9,12-13,18,20-22,29,33H,10-11,14-17,19H2,1-5H3,(H,34,37). The molecule has 1 saturated heterocycles. The van der Waals surface area contributed by atoms with Gasteiger partial charge in [0.05, 0.1) is 11.3 Å². The SMILES string of the molecule is CC(C)C(C(=O)N1CCC(NC2CC2)CC1)N1CC(=O)Nc2ccc(Oc3ccccc3C(C)(C)C)cc2C1=O. The number of amides is 3. The van der Waals surface area contributed by atoms with Crippen LogP contribution in [0.25, 0.3) is 0 Å². The zero-order chi connectivity index (χ0) is 28.6. The van der Waals surface area contributed by atoms with E-state index in [0.717, 1.165) is 18.4 Å². The highest BCUT2D eigenvalue weighted by Gasteiger charge is 2.40. The second-order valence-corrected chi connectivity index (χ2v) is 12.8. The van der Waals surface area contributed by atoms with Crippen molar-refractivity contribution < 1.29 is 19.1 Å². The van der Waals surface area contributed by atoms with Crippen molar-refractivity contribution in [1.29, 1.82) is 0 Å². The minimum Gasteiger partial charge on any atom is -0.457 e. The molecule has 8 nitrogen and oxygen atoms in total. The predicted molar refractivity (Wildman–Crippen MR) is 156 cm³/mol. The molecule has 2 aliphatic heterocycles. The number of nitrogens with zero attached hydrogens (tertiary/aromatic N) is 2. The Bertz CT molecular complexity index is 1270. The number of anilines is 1. The molecule has 1 unspecified atom stereocenters. The average molecular weight is 547 g/mol. The first-order valence-corrected chi connectivity index (χ1v) is 14.6. The highest BCUT2D eigenvalue weighted by atomic mass is 16.5. The lowest BCUT2D eigenvalue weighted by molar-refractivity contribution is -0.139. The number of likely N-dealkylation sites (tertiary alicyclic amines) is 1. The average Bonchev–Trinajstić information content (AvgIpc) is 3.73. The van der Waals surface area contributed by atoms with Crippen molar-refractivity contribution >= 4 is 23.4 Å². The summed E-state index contributed by atoms with van der Waals surface area (Å²) >= 11 is 0. The quantitative estimate of drug-likeness (QED) is 0.514. The smallest absolute Gasteiger partial charge is 0.257 e. The van der Waals surface area contributed by atoms with Crippen LogP contribution in [0.4, 0.5) is 5.69 Å². The molecule has 8 heteroatoms. The second kappa shape index (κ2) is 11.2. The molecule has 40 heavy (non-hydrogen) atoms. The van der Waals surface area contributed by atoms with Gasteiger partial charge in [0.15, 0.2) is 0 Å². The van der Waals surface area contributed by atoms with Gasteiger partial charge in [-0.2, -0.15) is 0 Å². The number of ether oxygens (including phenoxy) is 1. The van der Waals surface area contributed by atoms with Crippen LogP contribution in [0.15, 0.2) is 42.5 Å². The number of rotatable bonds is 7. The van der Waals surface area contributed by atoms with E-state index < -0.39 is 6.04 Å². The maximum Gasteiger partial charge on any atom is 0.257 e. The maximum absolute atomic E-state index is 14.0. The Morgan fingerprint density at radius 1 is 1.00 bits per heavy atom. The lowest BCUT2D eigenvalue weighted by Gasteiger charge is -2.39. The number of fused-ring (bicyclic) bond motifs is 1. The predicted octanol–water partition coefficient (Wildman–Crippen LogP) is 4.94. The number of carbonyl (C=O) groups excluding carboxylic acids is 3. The Kier molecular flexibility index (Phi) is 7.91.